The first-order chi connectivity index (χ1) is 8.54. The smallest absolute Gasteiger partial charge is 0.0369 e. The lowest BCUT2D eigenvalue weighted by Crippen LogP contribution is -2.48. The lowest BCUT2D eigenvalue weighted by atomic mass is 9.93. The summed E-state index contributed by atoms with van der Waals surface area (Å²) in [5.74, 6) is 0. The van der Waals surface area contributed by atoms with Gasteiger partial charge in [-0.25, -0.2) is 0 Å². The first kappa shape index (κ1) is 13.4. The Hall–Kier alpha value is -1.02. The van der Waals surface area contributed by atoms with Gasteiger partial charge in [-0.3, -0.25) is 0 Å². The van der Waals surface area contributed by atoms with Gasteiger partial charge in [-0.2, -0.15) is 0 Å². The Morgan fingerprint density at radius 2 is 1.89 bits per heavy atom. The van der Waals surface area contributed by atoms with Crippen LogP contribution in [0.1, 0.15) is 37.3 Å². The standard InChI is InChI=1S/C16H26N2/c1-5-16(7-6-8-17-16)12-18(4)15-10-13(2)9-14(3)11-15/h9-11,17H,5-8,12H2,1-4H3. The second-order valence-electron chi connectivity index (χ2n) is 5.87. The number of hydrogen-bond donors (Lipinski definition) is 1. The summed E-state index contributed by atoms with van der Waals surface area (Å²) in [7, 11) is 2.21. The summed E-state index contributed by atoms with van der Waals surface area (Å²) in [5, 5.41) is 3.71. The molecule has 100 valence electrons. The molecule has 0 aromatic heterocycles. The summed E-state index contributed by atoms with van der Waals surface area (Å²) in [5.41, 5.74) is 4.37. The number of hydrogen-bond acceptors (Lipinski definition) is 2. The van der Waals surface area contributed by atoms with E-state index < -0.39 is 0 Å². The molecule has 1 N–H and O–H groups in total. The van der Waals surface area contributed by atoms with E-state index >= 15 is 0 Å². The minimum absolute atomic E-state index is 0.326. The molecule has 1 aromatic carbocycles. The average molecular weight is 246 g/mol. The largest absolute Gasteiger partial charge is 0.373 e. The van der Waals surface area contributed by atoms with Crippen molar-refractivity contribution in [2.24, 2.45) is 0 Å². The molecule has 1 aromatic rings. The van der Waals surface area contributed by atoms with Gasteiger partial charge in [-0.05, 0) is 62.9 Å². The zero-order chi connectivity index (χ0) is 13.2. The molecule has 2 nitrogen and oxygen atoms in total. The van der Waals surface area contributed by atoms with E-state index in [0.29, 0.717) is 5.54 Å². The van der Waals surface area contributed by atoms with Crippen LogP contribution in [-0.2, 0) is 0 Å². The van der Waals surface area contributed by atoms with Crippen molar-refractivity contribution in [2.75, 3.05) is 25.0 Å². The highest BCUT2D eigenvalue weighted by Gasteiger charge is 2.32. The molecular weight excluding hydrogens is 220 g/mol. The lowest BCUT2D eigenvalue weighted by molar-refractivity contribution is 0.367. The summed E-state index contributed by atoms with van der Waals surface area (Å²) >= 11 is 0. The topological polar surface area (TPSA) is 15.3 Å². The van der Waals surface area contributed by atoms with Crippen LogP contribution < -0.4 is 10.2 Å². The van der Waals surface area contributed by atoms with E-state index in [1.165, 1.54) is 42.6 Å². The third-order valence-electron chi connectivity index (χ3n) is 4.20. The van der Waals surface area contributed by atoms with E-state index in [1.807, 2.05) is 0 Å². The van der Waals surface area contributed by atoms with Crippen LogP contribution in [0.15, 0.2) is 18.2 Å². The summed E-state index contributed by atoms with van der Waals surface area (Å²) in [4.78, 5) is 2.40. The van der Waals surface area contributed by atoms with Crippen LogP contribution in [-0.4, -0.2) is 25.7 Å². The molecule has 1 aliphatic rings. The predicted molar refractivity (Wildman–Crippen MR) is 79.4 cm³/mol. The molecule has 0 bridgehead atoms. The fourth-order valence-electron chi connectivity index (χ4n) is 3.13. The predicted octanol–water partition coefficient (Wildman–Crippen LogP) is 3.27. The van der Waals surface area contributed by atoms with Gasteiger partial charge < -0.3 is 10.2 Å². The molecule has 0 radical (unpaired) electrons. The Balaban J connectivity index is 2.13. The van der Waals surface area contributed by atoms with Gasteiger partial charge in [0.05, 0.1) is 0 Å². The molecule has 1 heterocycles. The molecule has 0 spiro atoms. The Morgan fingerprint density at radius 3 is 2.39 bits per heavy atom. The normalized spacial score (nSPS) is 23.3. The van der Waals surface area contributed by atoms with Crippen molar-refractivity contribution >= 4 is 5.69 Å². The zero-order valence-electron chi connectivity index (χ0n) is 12.2. The van der Waals surface area contributed by atoms with Gasteiger partial charge in [0.25, 0.3) is 0 Å². The van der Waals surface area contributed by atoms with Crippen LogP contribution in [0.3, 0.4) is 0 Å². The number of benzene rings is 1. The quantitative estimate of drug-likeness (QED) is 0.877. The summed E-state index contributed by atoms with van der Waals surface area (Å²) < 4.78 is 0. The van der Waals surface area contributed by atoms with E-state index in [2.05, 4.69) is 56.2 Å². The highest BCUT2D eigenvalue weighted by molar-refractivity contribution is 5.50. The number of rotatable bonds is 4. The molecule has 1 saturated heterocycles. The second kappa shape index (κ2) is 5.31. The van der Waals surface area contributed by atoms with Gasteiger partial charge >= 0.3 is 0 Å². The Kier molecular flexibility index (Phi) is 3.96. The lowest BCUT2D eigenvalue weighted by Gasteiger charge is -2.34. The third kappa shape index (κ3) is 2.86. The van der Waals surface area contributed by atoms with E-state index in [4.69, 9.17) is 0 Å². The van der Waals surface area contributed by atoms with Gasteiger partial charge in [0.2, 0.25) is 0 Å². The monoisotopic (exact) mass is 246 g/mol. The first-order valence-electron chi connectivity index (χ1n) is 7.09. The van der Waals surface area contributed by atoms with Crippen LogP contribution >= 0.6 is 0 Å². The minimum atomic E-state index is 0.326. The third-order valence-corrected chi connectivity index (χ3v) is 4.20. The van der Waals surface area contributed by atoms with Crippen LogP contribution in [0, 0.1) is 13.8 Å². The molecule has 0 amide bonds. The van der Waals surface area contributed by atoms with Gasteiger partial charge in [0, 0.05) is 24.8 Å². The molecule has 0 aliphatic carbocycles. The van der Waals surface area contributed by atoms with Gasteiger partial charge in [0.1, 0.15) is 0 Å². The maximum atomic E-state index is 3.71. The number of likely N-dealkylation sites (N-methyl/N-ethyl adjacent to an activating group) is 1. The summed E-state index contributed by atoms with van der Waals surface area (Å²) in [6.07, 6.45) is 3.83. The van der Waals surface area contributed by atoms with Gasteiger partial charge in [-0.1, -0.05) is 13.0 Å². The number of aryl methyl sites for hydroxylation is 2. The molecule has 2 heteroatoms. The Labute approximate surface area is 111 Å². The molecule has 18 heavy (non-hydrogen) atoms. The SMILES string of the molecule is CCC1(CN(C)c2cc(C)cc(C)c2)CCCN1. The maximum absolute atomic E-state index is 3.71. The minimum Gasteiger partial charge on any atom is -0.373 e. The second-order valence-corrected chi connectivity index (χ2v) is 5.87. The van der Waals surface area contributed by atoms with Crippen LogP contribution in [0.5, 0.6) is 0 Å². The molecule has 0 saturated carbocycles. The molecule has 1 aliphatic heterocycles. The van der Waals surface area contributed by atoms with Crippen molar-refractivity contribution in [3.8, 4) is 0 Å². The Bertz CT molecular complexity index is 385. The number of anilines is 1. The maximum Gasteiger partial charge on any atom is 0.0369 e. The molecule has 1 unspecified atom stereocenters. The van der Waals surface area contributed by atoms with Crippen molar-refractivity contribution in [3.05, 3.63) is 29.3 Å². The van der Waals surface area contributed by atoms with Gasteiger partial charge in [-0.15, -0.1) is 0 Å². The van der Waals surface area contributed by atoms with Gasteiger partial charge in [0.15, 0.2) is 0 Å². The van der Waals surface area contributed by atoms with E-state index in [9.17, 15) is 0 Å². The highest BCUT2D eigenvalue weighted by atomic mass is 15.2. The summed E-state index contributed by atoms with van der Waals surface area (Å²) in [6.45, 7) is 8.93. The molecular formula is C16H26N2. The van der Waals surface area contributed by atoms with Crippen molar-refractivity contribution in [3.63, 3.8) is 0 Å². The first-order valence-corrected chi connectivity index (χ1v) is 7.09. The number of nitrogens with zero attached hydrogens (tertiary/aromatic N) is 1. The highest BCUT2D eigenvalue weighted by Crippen LogP contribution is 2.26. The number of nitrogens with one attached hydrogen (secondary N) is 1. The van der Waals surface area contributed by atoms with E-state index in [0.717, 1.165) is 6.54 Å². The van der Waals surface area contributed by atoms with Crippen LogP contribution in [0.25, 0.3) is 0 Å². The Morgan fingerprint density at radius 1 is 1.22 bits per heavy atom. The average Bonchev–Trinajstić information content (AvgIpc) is 2.77. The van der Waals surface area contributed by atoms with Crippen molar-refractivity contribution in [2.45, 2.75) is 45.6 Å². The van der Waals surface area contributed by atoms with Crippen LogP contribution in [0.2, 0.25) is 0 Å². The summed E-state index contributed by atoms with van der Waals surface area (Å²) in [6, 6.07) is 6.80. The zero-order valence-corrected chi connectivity index (χ0v) is 12.2. The molecule has 1 atom stereocenters. The fourth-order valence-corrected chi connectivity index (χ4v) is 3.13. The van der Waals surface area contributed by atoms with E-state index in [1.54, 1.807) is 0 Å². The van der Waals surface area contributed by atoms with Crippen LogP contribution in [0.4, 0.5) is 5.69 Å². The molecule has 1 fully saturated rings. The van der Waals surface area contributed by atoms with Crippen molar-refractivity contribution in [1.82, 2.24) is 5.32 Å². The van der Waals surface area contributed by atoms with Crippen molar-refractivity contribution in [1.29, 1.82) is 0 Å². The fraction of sp³-hybridized carbons (Fsp3) is 0.625. The molecule has 2 rings (SSSR count). The van der Waals surface area contributed by atoms with Crippen molar-refractivity contribution < 1.29 is 0 Å². The van der Waals surface area contributed by atoms with E-state index in [-0.39, 0.29) is 0 Å².